The highest BCUT2D eigenvalue weighted by atomic mass is 19.1. The molecule has 0 aliphatic carbocycles. The molecule has 32 heavy (non-hydrogen) atoms. The van der Waals surface area contributed by atoms with Gasteiger partial charge in [0.05, 0.1) is 0 Å². The maximum Gasteiger partial charge on any atom is 0.231 e. The molecule has 6 heteroatoms. The minimum atomic E-state index is -0.425. The van der Waals surface area contributed by atoms with Crippen LogP contribution in [-0.2, 0) is 13.2 Å². The van der Waals surface area contributed by atoms with E-state index in [0.717, 1.165) is 48.8 Å². The Morgan fingerprint density at radius 2 is 1.69 bits per heavy atom. The van der Waals surface area contributed by atoms with Crippen LogP contribution < -0.4 is 19.7 Å². The Labute approximate surface area is 189 Å². The lowest BCUT2D eigenvalue weighted by Gasteiger charge is -2.35. The number of piperidine rings is 1. The number of ether oxygens (including phenoxy) is 2. The third-order valence-corrected chi connectivity index (χ3v) is 6.68. The summed E-state index contributed by atoms with van der Waals surface area (Å²) in [5.74, 6) is 1.66. The van der Waals surface area contributed by atoms with Gasteiger partial charge in [0.25, 0.3) is 0 Å². The number of alkyl halides is 1. The molecule has 5 rings (SSSR count). The van der Waals surface area contributed by atoms with Crippen molar-refractivity contribution in [2.24, 2.45) is 0 Å². The molecule has 5 nitrogen and oxygen atoms in total. The SMILES string of the molecule is FCc1ccccc1CNCC1=Cc2cc3c(cc2N(CCN2CCCCC2)C1)OCO3. The van der Waals surface area contributed by atoms with Crippen molar-refractivity contribution in [3.05, 3.63) is 58.7 Å². The predicted molar refractivity (Wildman–Crippen MR) is 126 cm³/mol. The van der Waals surface area contributed by atoms with Gasteiger partial charge in [-0.25, -0.2) is 4.39 Å². The van der Waals surface area contributed by atoms with Crippen molar-refractivity contribution < 1.29 is 13.9 Å². The molecule has 0 aromatic heterocycles. The van der Waals surface area contributed by atoms with Gasteiger partial charge in [0.15, 0.2) is 11.5 Å². The molecule has 0 atom stereocenters. The van der Waals surface area contributed by atoms with Crippen LogP contribution in [0.2, 0.25) is 0 Å². The van der Waals surface area contributed by atoms with Crippen LogP contribution >= 0.6 is 0 Å². The van der Waals surface area contributed by atoms with Gasteiger partial charge in [-0.3, -0.25) is 0 Å². The summed E-state index contributed by atoms with van der Waals surface area (Å²) < 4.78 is 24.5. The molecule has 1 N–H and O–H groups in total. The monoisotopic (exact) mass is 437 g/mol. The van der Waals surface area contributed by atoms with Crippen LogP contribution in [0.3, 0.4) is 0 Å². The molecule has 3 heterocycles. The zero-order chi connectivity index (χ0) is 21.8. The Morgan fingerprint density at radius 3 is 2.50 bits per heavy atom. The molecule has 0 amide bonds. The summed E-state index contributed by atoms with van der Waals surface area (Å²) in [6.45, 7) is 6.68. The summed E-state index contributed by atoms with van der Waals surface area (Å²) in [6, 6.07) is 12.0. The minimum Gasteiger partial charge on any atom is -0.454 e. The standard InChI is InChI=1S/C26H32FN3O2/c27-15-21-6-2-3-7-22(21)17-28-16-20-12-23-13-25-26(32-19-31-25)14-24(23)30(18-20)11-10-29-8-4-1-5-9-29/h2-3,6-7,12-14,28H,1,4-5,8-11,15-19H2. The van der Waals surface area contributed by atoms with Gasteiger partial charge in [-0.2, -0.15) is 0 Å². The number of anilines is 1. The van der Waals surface area contributed by atoms with Crippen molar-refractivity contribution >= 4 is 11.8 Å². The van der Waals surface area contributed by atoms with Gasteiger partial charge < -0.3 is 24.6 Å². The van der Waals surface area contributed by atoms with Gasteiger partial charge in [0.1, 0.15) is 6.67 Å². The number of benzene rings is 2. The summed E-state index contributed by atoms with van der Waals surface area (Å²) in [5, 5.41) is 3.53. The molecule has 0 bridgehead atoms. The molecule has 3 aliphatic rings. The molecule has 0 radical (unpaired) electrons. The van der Waals surface area contributed by atoms with E-state index >= 15 is 0 Å². The van der Waals surface area contributed by atoms with E-state index in [1.807, 2.05) is 24.3 Å². The fourth-order valence-electron chi connectivity index (χ4n) is 4.90. The summed E-state index contributed by atoms with van der Waals surface area (Å²) in [5.41, 5.74) is 5.52. The number of halogens is 1. The van der Waals surface area contributed by atoms with Crippen LogP contribution in [0.25, 0.3) is 6.08 Å². The van der Waals surface area contributed by atoms with E-state index in [9.17, 15) is 4.39 Å². The van der Waals surface area contributed by atoms with Crippen LogP contribution in [0.5, 0.6) is 11.5 Å². The highest BCUT2D eigenvalue weighted by Gasteiger charge is 2.24. The van der Waals surface area contributed by atoms with E-state index < -0.39 is 6.67 Å². The molecular weight excluding hydrogens is 405 g/mol. The molecule has 0 spiro atoms. The van der Waals surface area contributed by atoms with Crippen LogP contribution in [-0.4, -0.2) is 51.0 Å². The summed E-state index contributed by atoms with van der Waals surface area (Å²) >= 11 is 0. The molecule has 2 aromatic carbocycles. The zero-order valence-corrected chi connectivity index (χ0v) is 18.6. The Hall–Kier alpha value is -2.57. The van der Waals surface area contributed by atoms with Crippen molar-refractivity contribution in [3.8, 4) is 11.5 Å². The van der Waals surface area contributed by atoms with Gasteiger partial charge in [-0.05, 0) is 48.7 Å². The predicted octanol–water partition coefficient (Wildman–Crippen LogP) is 4.36. The molecule has 0 saturated carbocycles. The van der Waals surface area contributed by atoms with Crippen LogP contribution in [0.4, 0.5) is 10.1 Å². The van der Waals surface area contributed by atoms with Crippen molar-refractivity contribution in [3.63, 3.8) is 0 Å². The van der Waals surface area contributed by atoms with Crippen molar-refractivity contribution in [2.45, 2.75) is 32.5 Å². The van der Waals surface area contributed by atoms with Crippen LogP contribution in [0, 0.1) is 0 Å². The normalized spacial score (nSPS) is 17.9. The van der Waals surface area contributed by atoms with Gasteiger partial charge in [0, 0.05) is 50.0 Å². The topological polar surface area (TPSA) is 37.0 Å². The maximum absolute atomic E-state index is 13.3. The number of rotatable bonds is 8. The van der Waals surface area contributed by atoms with Crippen LogP contribution in [0.1, 0.15) is 36.0 Å². The third kappa shape index (κ3) is 4.76. The fraction of sp³-hybridized carbons (Fsp3) is 0.462. The average Bonchev–Trinajstić information content (AvgIpc) is 3.29. The van der Waals surface area contributed by atoms with E-state index in [4.69, 9.17) is 9.47 Å². The largest absolute Gasteiger partial charge is 0.454 e. The summed E-state index contributed by atoms with van der Waals surface area (Å²) in [7, 11) is 0. The first-order valence-electron chi connectivity index (χ1n) is 11.7. The third-order valence-electron chi connectivity index (χ3n) is 6.68. The lowest BCUT2D eigenvalue weighted by atomic mass is 10.0. The number of likely N-dealkylation sites (tertiary alicyclic amines) is 1. The number of hydrogen-bond donors (Lipinski definition) is 1. The number of nitrogens with zero attached hydrogens (tertiary/aromatic N) is 2. The average molecular weight is 438 g/mol. The molecule has 2 aromatic rings. The summed E-state index contributed by atoms with van der Waals surface area (Å²) in [4.78, 5) is 5.05. The lowest BCUT2D eigenvalue weighted by Crippen LogP contribution is -2.40. The molecular formula is C26H32FN3O2. The van der Waals surface area contributed by atoms with E-state index in [1.165, 1.54) is 49.2 Å². The first kappa shape index (κ1) is 21.3. The molecule has 1 saturated heterocycles. The first-order valence-corrected chi connectivity index (χ1v) is 11.7. The van der Waals surface area contributed by atoms with Gasteiger partial charge >= 0.3 is 0 Å². The summed E-state index contributed by atoms with van der Waals surface area (Å²) in [6.07, 6.45) is 6.24. The highest BCUT2D eigenvalue weighted by molar-refractivity contribution is 5.77. The van der Waals surface area contributed by atoms with Crippen molar-refractivity contribution in [1.29, 1.82) is 0 Å². The second-order valence-electron chi connectivity index (χ2n) is 8.90. The van der Waals surface area contributed by atoms with Crippen LogP contribution in [0.15, 0.2) is 42.0 Å². The van der Waals surface area contributed by atoms with Gasteiger partial charge in [-0.1, -0.05) is 36.8 Å². The quantitative estimate of drug-likeness (QED) is 0.664. The molecule has 170 valence electrons. The number of nitrogens with one attached hydrogen (secondary N) is 1. The smallest absolute Gasteiger partial charge is 0.231 e. The first-order chi connectivity index (χ1) is 15.8. The Balaban J connectivity index is 1.29. The van der Waals surface area contributed by atoms with Gasteiger partial charge in [-0.15, -0.1) is 0 Å². The Morgan fingerprint density at radius 1 is 0.906 bits per heavy atom. The highest BCUT2D eigenvalue weighted by Crippen LogP contribution is 2.41. The van der Waals surface area contributed by atoms with Crippen molar-refractivity contribution in [2.75, 3.05) is 51.0 Å². The van der Waals surface area contributed by atoms with E-state index in [1.54, 1.807) is 0 Å². The Bertz CT molecular complexity index is 972. The zero-order valence-electron chi connectivity index (χ0n) is 18.6. The second-order valence-corrected chi connectivity index (χ2v) is 8.90. The molecule has 3 aliphatic heterocycles. The lowest BCUT2D eigenvalue weighted by molar-refractivity contribution is 0.174. The second kappa shape index (κ2) is 9.92. The number of hydrogen-bond acceptors (Lipinski definition) is 5. The minimum absolute atomic E-state index is 0.290. The fourth-order valence-corrected chi connectivity index (χ4v) is 4.90. The number of fused-ring (bicyclic) bond motifs is 2. The van der Waals surface area contributed by atoms with E-state index in [-0.39, 0.29) is 6.79 Å². The van der Waals surface area contributed by atoms with E-state index in [0.29, 0.717) is 6.54 Å². The van der Waals surface area contributed by atoms with E-state index in [2.05, 4.69) is 33.3 Å². The van der Waals surface area contributed by atoms with Crippen molar-refractivity contribution in [1.82, 2.24) is 10.2 Å². The Kier molecular flexibility index (Phi) is 6.60. The maximum atomic E-state index is 13.3. The molecule has 0 unspecified atom stereocenters. The molecule has 1 fully saturated rings. The van der Waals surface area contributed by atoms with Gasteiger partial charge in [0.2, 0.25) is 6.79 Å².